The summed E-state index contributed by atoms with van der Waals surface area (Å²) in [5, 5.41) is 4.78. The zero-order valence-electron chi connectivity index (χ0n) is 15.8. The highest BCUT2D eigenvalue weighted by Gasteiger charge is 2.30. The average Bonchev–Trinajstić information content (AvgIpc) is 3.31. The van der Waals surface area contributed by atoms with Crippen LogP contribution in [0.15, 0.2) is 30.7 Å². The number of fused-ring (bicyclic) bond motifs is 1. The fraction of sp³-hybridized carbons (Fsp3) is 0.619. The van der Waals surface area contributed by atoms with Crippen molar-refractivity contribution in [2.45, 2.75) is 58.2 Å². The maximum Gasteiger partial charge on any atom is 0.0562 e. The van der Waals surface area contributed by atoms with E-state index in [0.29, 0.717) is 5.92 Å². The number of rotatable bonds is 7. The molecule has 1 atom stereocenters. The van der Waals surface area contributed by atoms with Crippen molar-refractivity contribution in [1.82, 2.24) is 19.7 Å². The maximum atomic E-state index is 5.84. The van der Waals surface area contributed by atoms with Crippen molar-refractivity contribution < 1.29 is 4.74 Å². The topological polar surface area (TPSA) is 43.2 Å². The van der Waals surface area contributed by atoms with Gasteiger partial charge in [0.2, 0.25) is 0 Å². The van der Waals surface area contributed by atoms with E-state index in [1.807, 2.05) is 18.5 Å². The smallest absolute Gasteiger partial charge is 0.0562 e. The van der Waals surface area contributed by atoms with Crippen LogP contribution in [0.25, 0.3) is 0 Å². The number of nitrogens with zero attached hydrogens (tertiary/aromatic N) is 4. The molecule has 0 spiro atoms. The molecule has 0 bridgehead atoms. The molecule has 1 fully saturated rings. The molecule has 26 heavy (non-hydrogen) atoms. The lowest BCUT2D eigenvalue weighted by Crippen LogP contribution is -2.36. The summed E-state index contributed by atoms with van der Waals surface area (Å²) in [7, 11) is 0. The summed E-state index contributed by atoms with van der Waals surface area (Å²) in [5.74, 6) is 1.21. The number of ether oxygens (including phenoxy) is 1. The molecule has 2 aromatic rings. The summed E-state index contributed by atoms with van der Waals surface area (Å²) in [6.45, 7) is 7.64. The molecule has 0 amide bonds. The van der Waals surface area contributed by atoms with Crippen molar-refractivity contribution in [3.63, 3.8) is 0 Å². The van der Waals surface area contributed by atoms with Gasteiger partial charge >= 0.3 is 0 Å². The van der Waals surface area contributed by atoms with Crippen LogP contribution in [-0.4, -0.2) is 39.4 Å². The molecule has 2 aromatic heterocycles. The Labute approximate surface area is 156 Å². The first kappa shape index (κ1) is 17.7. The molecule has 0 unspecified atom stereocenters. The molecule has 140 valence electrons. The SMILES string of the molecule is CCOC[C@H]1CN(Cc2cccnc2)Cc2cnn(CC3CCCC3)c21. The molecule has 5 heteroatoms. The van der Waals surface area contributed by atoms with Gasteiger partial charge in [0.25, 0.3) is 0 Å². The predicted molar refractivity (Wildman–Crippen MR) is 102 cm³/mol. The molecule has 0 N–H and O–H groups in total. The van der Waals surface area contributed by atoms with Crippen LogP contribution in [0.3, 0.4) is 0 Å². The molecule has 3 heterocycles. The van der Waals surface area contributed by atoms with Gasteiger partial charge in [0.1, 0.15) is 0 Å². The summed E-state index contributed by atoms with van der Waals surface area (Å²) in [6.07, 6.45) is 11.4. The normalized spacial score (nSPS) is 21.2. The molecule has 4 rings (SSSR count). The zero-order valence-corrected chi connectivity index (χ0v) is 15.8. The molecule has 1 aliphatic heterocycles. The molecular formula is C21H30N4O. The fourth-order valence-corrected chi connectivity index (χ4v) is 4.58. The minimum Gasteiger partial charge on any atom is -0.381 e. The van der Waals surface area contributed by atoms with Gasteiger partial charge in [0, 0.05) is 62.4 Å². The van der Waals surface area contributed by atoms with Crippen molar-refractivity contribution in [3.05, 3.63) is 47.5 Å². The minimum atomic E-state index is 0.402. The predicted octanol–water partition coefficient (Wildman–Crippen LogP) is 3.60. The second-order valence-electron chi connectivity index (χ2n) is 7.77. The van der Waals surface area contributed by atoms with E-state index in [-0.39, 0.29) is 0 Å². The van der Waals surface area contributed by atoms with Gasteiger partial charge in [-0.1, -0.05) is 18.9 Å². The van der Waals surface area contributed by atoms with E-state index in [9.17, 15) is 0 Å². The third-order valence-electron chi connectivity index (χ3n) is 5.78. The van der Waals surface area contributed by atoms with Gasteiger partial charge in [-0.25, -0.2) is 0 Å². The van der Waals surface area contributed by atoms with Crippen LogP contribution >= 0.6 is 0 Å². The van der Waals surface area contributed by atoms with Crippen LogP contribution < -0.4 is 0 Å². The maximum absolute atomic E-state index is 5.84. The molecule has 2 aliphatic rings. The lowest BCUT2D eigenvalue weighted by Gasteiger charge is -2.33. The number of aromatic nitrogens is 3. The van der Waals surface area contributed by atoms with Gasteiger partial charge in [-0.2, -0.15) is 5.10 Å². The van der Waals surface area contributed by atoms with Crippen molar-refractivity contribution in [2.24, 2.45) is 5.92 Å². The molecule has 5 nitrogen and oxygen atoms in total. The Hall–Kier alpha value is -1.72. The van der Waals surface area contributed by atoms with Crippen LogP contribution in [0, 0.1) is 5.92 Å². The standard InChI is InChI=1S/C21H30N4O/c1-2-26-16-20-15-24(12-18-8-5-9-22-10-18)14-19-11-23-25(21(19)20)13-17-6-3-4-7-17/h5,8-11,17,20H,2-4,6-7,12-16H2,1H3/t20-/m1/s1. The third-order valence-corrected chi connectivity index (χ3v) is 5.78. The summed E-state index contributed by atoms with van der Waals surface area (Å²) >= 11 is 0. The van der Waals surface area contributed by atoms with E-state index in [1.165, 1.54) is 42.5 Å². The Balaban J connectivity index is 1.52. The average molecular weight is 354 g/mol. The Bertz CT molecular complexity index is 693. The van der Waals surface area contributed by atoms with Gasteiger partial charge in [-0.3, -0.25) is 14.6 Å². The van der Waals surface area contributed by atoms with Crippen molar-refractivity contribution in [1.29, 1.82) is 0 Å². The van der Waals surface area contributed by atoms with E-state index in [4.69, 9.17) is 9.84 Å². The quantitative estimate of drug-likeness (QED) is 0.762. The van der Waals surface area contributed by atoms with E-state index in [2.05, 4.69) is 33.8 Å². The lowest BCUT2D eigenvalue weighted by atomic mass is 9.96. The summed E-state index contributed by atoms with van der Waals surface area (Å²) in [4.78, 5) is 6.76. The highest BCUT2D eigenvalue weighted by molar-refractivity contribution is 5.26. The second-order valence-corrected chi connectivity index (χ2v) is 7.77. The monoisotopic (exact) mass is 354 g/mol. The number of hydrogen-bond acceptors (Lipinski definition) is 4. The molecular weight excluding hydrogens is 324 g/mol. The van der Waals surface area contributed by atoms with Gasteiger partial charge in [0.05, 0.1) is 12.8 Å². The first-order valence-corrected chi connectivity index (χ1v) is 10.1. The van der Waals surface area contributed by atoms with Crippen LogP contribution in [0.2, 0.25) is 0 Å². The van der Waals surface area contributed by atoms with Crippen LogP contribution in [-0.2, 0) is 24.4 Å². The van der Waals surface area contributed by atoms with E-state index in [1.54, 1.807) is 0 Å². The number of pyridine rings is 1. The molecule has 1 saturated carbocycles. The molecule has 1 aliphatic carbocycles. The first-order chi connectivity index (χ1) is 12.8. The lowest BCUT2D eigenvalue weighted by molar-refractivity contribution is 0.101. The van der Waals surface area contributed by atoms with E-state index >= 15 is 0 Å². The minimum absolute atomic E-state index is 0.402. The van der Waals surface area contributed by atoms with Gasteiger partial charge in [0.15, 0.2) is 0 Å². The highest BCUT2D eigenvalue weighted by Crippen LogP contribution is 2.32. The van der Waals surface area contributed by atoms with E-state index in [0.717, 1.165) is 45.3 Å². The van der Waals surface area contributed by atoms with Crippen LogP contribution in [0.1, 0.15) is 55.3 Å². The van der Waals surface area contributed by atoms with Crippen molar-refractivity contribution in [3.8, 4) is 0 Å². The van der Waals surface area contributed by atoms with Crippen molar-refractivity contribution in [2.75, 3.05) is 19.8 Å². The van der Waals surface area contributed by atoms with Gasteiger partial charge < -0.3 is 4.74 Å². The largest absolute Gasteiger partial charge is 0.381 e. The number of hydrogen-bond donors (Lipinski definition) is 0. The summed E-state index contributed by atoms with van der Waals surface area (Å²) < 4.78 is 8.14. The molecule has 0 saturated heterocycles. The van der Waals surface area contributed by atoms with Gasteiger partial charge in [-0.05, 0) is 37.3 Å². The van der Waals surface area contributed by atoms with Gasteiger partial charge in [-0.15, -0.1) is 0 Å². The first-order valence-electron chi connectivity index (χ1n) is 10.1. The fourth-order valence-electron chi connectivity index (χ4n) is 4.58. The Morgan fingerprint density at radius 1 is 1.23 bits per heavy atom. The van der Waals surface area contributed by atoms with Crippen LogP contribution in [0.4, 0.5) is 0 Å². The summed E-state index contributed by atoms with van der Waals surface area (Å²) in [5.41, 5.74) is 4.07. The Kier molecular flexibility index (Phi) is 5.65. The summed E-state index contributed by atoms with van der Waals surface area (Å²) in [6, 6.07) is 4.17. The molecule has 0 aromatic carbocycles. The van der Waals surface area contributed by atoms with Crippen molar-refractivity contribution >= 4 is 0 Å². The van der Waals surface area contributed by atoms with E-state index < -0.39 is 0 Å². The zero-order chi connectivity index (χ0) is 17.8. The molecule has 0 radical (unpaired) electrons. The third kappa shape index (κ3) is 3.99. The van der Waals surface area contributed by atoms with Crippen LogP contribution in [0.5, 0.6) is 0 Å². The second kappa shape index (κ2) is 8.31. The Morgan fingerprint density at radius 2 is 2.12 bits per heavy atom. The highest BCUT2D eigenvalue weighted by atomic mass is 16.5. The Morgan fingerprint density at radius 3 is 2.88 bits per heavy atom.